The van der Waals surface area contributed by atoms with E-state index < -0.39 is 6.10 Å². The average Bonchev–Trinajstić information content (AvgIpc) is 2.43. The van der Waals surface area contributed by atoms with Gasteiger partial charge in [-0.05, 0) is 24.6 Å². The van der Waals surface area contributed by atoms with Crippen molar-refractivity contribution in [2.24, 2.45) is 0 Å². The third-order valence-corrected chi connectivity index (χ3v) is 2.94. The highest BCUT2D eigenvalue weighted by Gasteiger charge is 2.15. The van der Waals surface area contributed by atoms with Crippen molar-refractivity contribution in [3.63, 3.8) is 0 Å². The topological polar surface area (TPSA) is 50.7 Å². The van der Waals surface area contributed by atoms with Gasteiger partial charge in [-0.3, -0.25) is 0 Å². The monoisotopic (exact) mass is 249 g/mol. The van der Waals surface area contributed by atoms with E-state index in [0.29, 0.717) is 25.5 Å². The third kappa shape index (κ3) is 3.03. The Morgan fingerprint density at radius 2 is 2.11 bits per heavy atom. The molecule has 0 saturated carbocycles. The van der Waals surface area contributed by atoms with Crippen LogP contribution in [0.1, 0.15) is 18.6 Å². The van der Waals surface area contributed by atoms with Gasteiger partial charge in [-0.25, -0.2) is 0 Å². The Morgan fingerprint density at radius 3 is 2.83 bits per heavy atom. The molecule has 0 radical (unpaired) electrons. The predicted molar refractivity (Wildman–Crippen MR) is 70.1 cm³/mol. The quantitative estimate of drug-likeness (QED) is 0.779. The van der Waals surface area contributed by atoms with E-state index in [-0.39, 0.29) is 6.04 Å². The van der Waals surface area contributed by atoms with Crippen LogP contribution in [0.5, 0.6) is 11.5 Å². The van der Waals surface area contributed by atoms with E-state index >= 15 is 0 Å². The molecule has 0 spiro atoms. The van der Waals surface area contributed by atoms with Crippen LogP contribution < -0.4 is 14.8 Å². The number of hydrogen-bond acceptors (Lipinski definition) is 4. The van der Waals surface area contributed by atoms with Gasteiger partial charge in [0, 0.05) is 12.6 Å². The van der Waals surface area contributed by atoms with Gasteiger partial charge in [-0.2, -0.15) is 0 Å². The van der Waals surface area contributed by atoms with E-state index in [4.69, 9.17) is 9.47 Å². The smallest absolute Gasteiger partial charge is 0.161 e. The molecule has 4 nitrogen and oxygen atoms in total. The molecule has 2 N–H and O–H groups in total. The van der Waals surface area contributed by atoms with Gasteiger partial charge in [0.05, 0.1) is 6.10 Å². The first-order chi connectivity index (χ1) is 8.70. The van der Waals surface area contributed by atoms with Crippen LogP contribution in [0.15, 0.2) is 30.9 Å². The molecule has 1 heterocycles. The lowest BCUT2D eigenvalue weighted by Crippen LogP contribution is -2.28. The molecule has 2 atom stereocenters. The van der Waals surface area contributed by atoms with Crippen LogP contribution in [-0.4, -0.2) is 30.9 Å². The van der Waals surface area contributed by atoms with Crippen molar-refractivity contribution in [3.8, 4) is 11.5 Å². The number of aliphatic hydroxyl groups excluding tert-OH is 1. The minimum atomic E-state index is -0.566. The maximum atomic E-state index is 10.1. The fourth-order valence-electron chi connectivity index (χ4n) is 1.77. The van der Waals surface area contributed by atoms with Crippen LogP contribution >= 0.6 is 0 Å². The first-order valence-electron chi connectivity index (χ1n) is 6.14. The minimum absolute atomic E-state index is 0.178. The van der Waals surface area contributed by atoms with Crippen molar-refractivity contribution in [2.75, 3.05) is 19.8 Å². The summed E-state index contributed by atoms with van der Waals surface area (Å²) in [7, 11) is 0. The highest BCUT2D eigenvalue weighted by atomic mass is 16.6. The zero-order chi connectivity index (χ0) is 13.0. The van der Waals surface area contributed by atoms with Gasteiger partial charge in [0.25, 0.3) is 0 Å². The van der Waals surface area contributed by atoms with Crippen molar-refractivity contribution in [2.45, 2.75) is 19.1 Å². The zero-order valence-corrected chi connectivity index (χ0v) is 10.6. The van der Waals surface area contributed by atoms with Gasteiger partial charge in [0.1, 0.15) is 13.2 Å². The number of nitrogens with one attached hydrogen (secondary N) is 1. The van der Waals surface area contributed by atoms with E-state index in [1.54, 1.807) is 6.08 Å². The summed E-state index contributed by atoms with van der Waals surface area (Å²) in [5.74, 6) is 1.44. The summed E-state index contributed by atoms with van der Waals surface area (Å²) in [6, 6.07) is 5.71. The number of fused-ring (bicyclic) bond motifs is 1. The van der Waals surface area contributed by atoms with E-state index in [1.165, 1.54) is 0 Å². The van der Waals surface area contributed by atoms with E-state index in [2.05, 4.69) is 11.9 Å². The second-order valence-corrected chi connectivity index (χ2v) is 4.35. The Labute approximate surface area is 107 Å². The van der Waals surface area contributed by atoms with Crippen LogP contribution in [0.2, 0.25) is 0 Å². The van der Waals surface area contributed by atoms with Crippen LogP contribution in [0, 0.1) is 0 Å². The minimum Gasteiger partial charge on any atom is -0.486 e. The molecule has 1 aromatic rings. The number of ether oxygens (including phenoxy) is 2. The standard InChI is InChI=1S/C14H19NO3/c1-3-10(2)15-9-12(16)11-4-5-13-14(8-11)18-7-6-17-13/h3-5,8,10,12,15-16H,1,6-7,9H2,2H3. The Kier molecular flexibility index (Phi) is 4.23. The largest absolute Gasteiger partial charge is 0.486 e. The maximum Gasteiger partial charge on any atom is 0.161 e. The third-order valence-electron chi connectivity index (χ3n) is 2.94. The number of benzene rings is 1. The molecule has 1 aromatic carbocycles. The molecular weight excluding hydrogens is 230 g/mol. The number of rotatable bonds is 5. The van der Waals surface area contributed by atoms with Crippen molar-refractivity contribution in [3.05, 3.63) is 36.4 Å². The normalized spacial score (nSPS) is 17.0. The van der Waals surface area contributed by atoms with Gasteiger partial charge in [0.2, 0.25) is 0 Å². The second-order valence-electron chi connectivity index (χ2n) is 4.35. The molecule has 0 saturated heterocycles. The molecule has 98 valence electrons. The summed E-state index contributed by atoms with van der Waals surface area (Å²) in [4.78, 5) is 0. The first-order valence-corrected chi connectivity index (χ1v) is 6.14. The van der Waals surface area contributed by atoms with Crippen LogP contribution in [0.25, 0.3) is 0 Å². The van der Waals surface area contributed by atoms with Crippen molar-refractivity contribution in [1.29, 1.82) is 0 Å². The lowest BCUT2D eigenvalue weighted by molar-refractivity contribution is 0.162. The predicted octanol–water partition coefficient (Wildman–Crippen LogP) is 1.66. The Balaban J connectivity index is 2.01. The van der Waals surface area contributed by atoms with Gasteiger partial charge >= 0.3 is 0 Å². The SMILES string of the molecule is C=CC(C)NCC(O)c1ccc2c(c1)OCCO2. The number of hydrogen-bond donors (Lipinski definition) is 2. The Bertz CT molecular complexity index is 420. The summed E-state index contributed by atoms with van der Waals surface area (Å²) in [5.41, 5.74) is 0.822. The van der Waals surface area contributed by atoms with E-state index in [0.717, 1.165) is 11.3 Å². The van der Waals surface area contributed by atoms with E-state index in [9.17, 15) is 5.11 Å². The lowest BCUT2D eigenvalue weighted by atomic mass is 10.1. The van der Waals surface area contributed by atoms with Crippen LogP contribution in [0.4, 0.5) is 0 Å². The maximum absolute atomic E-state index is 10.1. The van der Waals surface area contributed by atoms with Gasteiger partial charge in [-0.15, -0.1) is 6.58 Å². The molecule has 0 amide bonds. The first kappa shape index (κ1) is 12.9. The summed E-state index contributed by atoms with van der Waals surface area (Å²) in [6.07, 6.45) is 1.24. The molecular formula is C14H19NO3. The fourth-order valence-corrected chi connectivity index (χ4v) is 1.77. The van der Waals surface area contributed by atoms with Crippen molar-refractivity contribution >= 4 is 0 Å². The molecule has 2 unspecified atom stereocenters. The van der Waals surface area contributed by atoms with E-state index in [1.807, 2.05) is 25.1 Å². The Hall–Kier alpha value is -1.52. The molecule has 1 aliphatic rings. The molecule has 4 heteroatoms. The van der Waals surface area contributed by atoms with Crippen LogP contribution in [-0.2, 0) is 0 Å². The van der Waals surface area contributed by atoms with Crippen molar-refractivity contribution < 1.29 is 14.6 Å². The lowest BCUT2D eigenvalue weighted by Gasteiger charge is -2.20. The Morgan fingerprint density at radius 1 is 1.39 bits per heavy atom. The van der Waals surface area contributed by atoms with Crippen molar-refractivity contribution in [1.82, 2.24) is 5.32 Å². The average molecular weight is 249 g/mol. The molecule has 0 bridgehead atoms. The second kappa shape index (κ2) is 5.89. The highest BCUT2D eigenvalue weighted by molar-refractivity contribution is 5.44. The molecule has 18 heavy (non-hydrogen) atoms. The molecule has 0 aromatic heterocycles. The van der Waals surface area contributed by atoms with Gasteiger partial charge in [-0.1, -0.05) is 12.1 Å². The molecule has 0 aliphatic carbocycles. The fraction of sp³-hybridized carbons (Fsp3) is 0.429. The summed E-state index contributed by atoms with van der Waals surface area (Å²) < 4.78 is 10.9. The van der Waals surface area contributed by atoms with Gasteiger partial charge in [0.15, 0.2) is 11.5 Å². The molecule has 0 fully saturated rings. The van der Waals surface area contributed by atoms with Crippen LogP contribution in [0.3, 0.4) is 0 Å². The highest BCUT2D eigenvalue weighted by Crippen LogP contribution is 2.32. The summed E-state index contributed by atoms with van der Waals surface area (Å²) in [6.45, 7) is 7.29. The molecule has 2 rings (SSSR count). The summed E-state index contributed by atoms with van der Waals surface area (Å²) >= 11 is 0. The zero-order valence-electron chi connectivity index (χ0n) is 10.6. The van der Waals surface area contributed by atoms with Gasteiger partial charge < -0.3 is 19.9 Å². The summed E-state index contributed by atoms with van der Waals surface area (Å²) in [5, 5.41) is 13.2. The molecule has 1 aliphatic heterocycles. The number of aliphatic hydroxyl groups is 1.